The Labute approximate surface area is 238 Å². The van der Waals surface area contributed by atoms with Crippen LogP contribution in [-0.4, -0.2) is 52.0 Å². The van der Waals surface area contributed by atoms with Gasteiger partial charge in [-0.1, -0.05) is 24.3 Å². The molecule has 2 saturated heterocycles. The fraction of sp³-hybridized carbons (Fsp3) is 0.469. The molecule has 0 aliphatic carbocycles. The Balaban J connectivity index is 1.15. The van der Waals surface area contributed by atoms with E-state index in [0.717, 1.165) is 55.2 Å². The highest BCUT2D eigenvalue weighted by Gasteiger charge is 2.26. The summed E-state index contributed by atoms with van der Waals surface area (Å²) in [6.45, 7) is 6.17. The summed E-state index contributed by atoms with van der Waals surface area (Å²) in [7, 11) is -2.98. The molecule has 7 nitrogen and oxygen atoms in total. The maximum atomic E-state index is 12.8. The molecule has 3 aromatic rings. The average molecular weight is 564 g/mol. The largest absolute Gasteiger partial charge is 0.467 e. The molecule has 0 bridgehead atoms. The highest BCUT2D eigenvalue weighted by atomic mass is 32.2. The number of nitrogens with zero attached hydrogens (tertiary/aromatic N) is 2. The summed E-state index contributed by atoms with van der Waals surface area (Å²) in [6.07, 6.45) is 9.20. The molecule has 0 radical (unpaired) electrons. The summed E-state index contributed by atoms with van der Waals surface area (Å²) in [5.41, 5.74) is 7.00. The normalized spacial score (nSPS) is 16.8. The van der Waals surface area contributed by atoms with E-state index in [1.165, 1.54) is 42.3 Å². The number of hydrogen-bond acceptors (Lipinski definition) is 6. The number of rotatable bonds is 9. The molecule has 0 saturated carbocycles. The van der Waals surface area contributed by atoms with E-state index >= 15 is 0 Å². The minimum absolute atomic E-state index is 0.0478. The molecule has 1 N–H and O–H groups in total. The molecule has 2 aromatic carbocycles. The topological polar surface area (TPSA) is 82.9 Å². The molecule has 214 valence electrons. The quantitative estimate of drug-likeness (QED) is 0.393. The first-order valence-corrected chi connectivity index (χ1v) is 16.4. The smallest absolute Gasteiger partial charge is 0.224 e. The van der Waals surface area contributed by atoms with Gasteiger partial charge in [0.2, 0.25) is 5.91 Å². The summed E-state index contributed by atoms with van der Waals surface area (Å²) in [6, 6.07) is 16.7. The van der Waals surface area contributed by atoms with Crippen molar-refractivity contribution in [2.45, 2.75) is 63.7 Å². The maximum Gasteiger partial charge on any atom is 0.224 e. The van der Waals surface area contributed by atoms with Gasteiger partial charge in [0, 0.05) is 50.2 Å². The Kier molecular flexibility index (Phi) is 8.84. The van der Waals surface area contributed by atoms with Crippen LogP contribution in [0.15, 0.2) is 59.2 Å². The van der Waals surface area contributed by atoms with E-state index in [0.29, 0.717) is 25.8 Å². The number of carbonyl (C=O) groups is 1. The van der Waals surface area contributed by atoms with Gasteiger partial charge in [0.1, 0.15) is 15.6 Å². The van der Waals surface area contributed by atoms with Crippen molar-refractivity contribution in [3.63, 3.8) is 0 Å². The van der Waals surface area contributed by atoms with Crippen LogP contribution >= 0.6 is 0 Å². The Hall–Kier alpha value is -3.26. The molecular formula is C32H41N3O4S. The summed E-state index contributed by atoms with van der Waals surface area (Å²) in [5.74, 6) is 0.750. The van der Waals surface area contributed by atoms with Gasteiger partial charge in [0.15, 0.2) is 0 Å². The fourth-order valence-electron chi connectivity index (χ4n) is 5.93. The molecule has 1 amide bonds. The molecule has 40 heavy (non-hydrogen) atoms. The van der Waals surface area contributed by atoms with Gasteiger partial charge >= 0.3 is 0 Å². The summed E-state index contributed by atoms with van der Waals surface area (Å²) in [4.78, 5) is 17.5. The van der Waals surface area contributed by atoms with Crippen LogP contribution in [0.25, 0.3) is 0 Å². The number of amides is 1. The first-order valence-electron chi connectivity index (χ1n) is 14.5. The molecule has 2 aliphatic heterocycles. The van der Waals surface area contributed by atoms with Gasteiger partial charge in [-0.25, -0.2) is 8.42 Å². The third kappa shape index (κ3) is 7.08. The van der Waals surface area contributed by atoms with Crippen molar-refractivity contribution in [2.75, 3.05) is 42.2 Å². The van der Waals surface area contributed by atoms with Crippen LogP contribution < -0.4 is 15.1 Å². The van der Waals surface area contributed by atoms with E-state index in [1.54, 1.807) is 6.26 Å². The van der Waals surface area contributed by atoms with E-state index in [2.05, 4.69) is 40.2 Å². The van der Waals surface area contributed by atoms with E-state index in [1.807, 2.05) is 30.3 Å². The Morgan fingerprint density at radius 1 is 0.925 bits per heavy atom. The minimum Gasteiger partial charge on any atom is -0.467 e. The molecule has 1 aromatic heterocycles. The number of sulfone groups is 1. The zero-order chi connectivity index (χ0) is 28.1. The van der Waals surface area contributed by atoms with E-state index < -0.39 is 9.84 Å². The maximum absolute atomic E-state index is 12.8. The van der Waals surface area contributed by atoms with Gasteiger partial charge in [0.25, 0.3) is 0 Å². The second kappa shape index (κ2) is 12.5. The number of anilines is 2. The van der Waals surface area contributed by atoms with Crippen molar-refractivity contribution in [3.05, 3.63) is 82.8 Å². The Morgan fingerprint density at radius 2 is 1.65 bits per heavy atom. The van der Waals surface area contributed by atoms with Gasteiger partial charge in [-0.05, 0) is 85.5 Å². The van der Waals surface area contributed by atoms with Crippen molar-refractivity contribution in [1.29, 1.82) is 0 Å². The second-order valence-electron chi connectivity index (χ2n) is 11.4. The molecule has 0 unspecified atom stereocenters. The van der Waals surface area contributed by atoms with Crippen molar-refractivity contribution in [2.24, 2.45) is 0 Å². The lowest BCUT2D eigenvalue weighted by molar-refractivity contribution is -0.120. The number of furan rings is 1. The number of nitrogens with one attached hydrogen (secondary N) is 1. The first kappa shape index (κ1) is 28.3. The van der Waals surface area contributed by atoms with Gasteiger partial charge in [-0.2, -0.15) is 0 Å². The predicted molar refractivity (Wildman–Crippen MR) is 161 cm³/mol. The lowest BCUT2D eigenvalue weighted by Crippen LogP contribution is -2.39. The second-order valence-corrected chi connectivity index (χ2v) is 13.7. The molecule has 8 heteroatoms. The molecule has 0 atom stereocenters. The van der Waals surface area contributed by atoms with E-state index in [-0.39, 0.29) is 11.2 Å². The summed E-state index contributed by atoms with van der Waals surface area (Å²) >= 11 is 0. The molecule has 2 fully saturated rings. The number of piperidine rings is 2. The van der Waals surface area contributed by atoms with Crippen LogP contribution in [0.4, 0.5) is 11.4 Å². The van der Waals surface area contributed by atoms with Gasteiger partial charge in [-0.15, -0.1) is 0 Å². The SMILES string of the molecule is Cc1ccc(Cc2ccoc2CNC(=O)Cc2ccc(N3CCC(S(C)(=O)=O)CC3)cc2)c(N2CCCCC2)c1. The van der Waals surface area contributed by atoms with Crippen molar-refractivity contribution in [1.82, 2.24) is 5.32 Å². The zero-order valence-electron chi connectivity index (χ0n) is 23.7. The molecule has 0 spiro atoms. The first-order chi connectivity index (χ1) is 19.3. The zero-order valence-corrected chi connectivity index (χ0v) is 24.5. The van der Waals surface area contributed by atoms with Crippen LogP contribution in [0, 0.1) is 6.92 Å². The van der Waals surface area contributed by atoms with Crippen molar-refractivity contribution >= 4 is 27.1 Å². The summed E-state index contributed by atoms with van der Waals surface area (Å²) < 4.78 is 29.4. The van der Waals surface area contributed by atoms with Gasteiger partial charge < -0.3 is 19.5 Å². The molecular weight excluding hydrogens is 522 g/mol. The Morgan fingerprint density at radius 3 is 2.35 bits per heavy atom. The van der Waals surface area contributed by atoms with Gasteiger partial charge in [0.05, 0.1) is 24.5 Å². The molecule has 3 heterocycles. The lowest BCUT2D eigenvalue weighted by Gasteiger charge is -2.32. The van der Waals surface area contributed by atoms with Crippen molar-refractivity contribution < 1.29 is 17.6 Å². The van der Waals surface area contributed by atoms with Crippen LogP contribution in [0.2, 0.25) is 0 Å². The predicted octanol–water partition coefficient (Wildman–Crippen LogP) is 5.04. The van der Waals surface area contributed by atoms with Crippen LogP contribution in [0.5, 0.6) is 0 Å². The standard InChI is InChI=1S/C32H41N3O4S/c1-24-6-9-26(30(20-24)35-15-4-3-5-16-35)22-27-14-19-39-31(27)23-33-32(36)21-25-7-10-28(11-8-25)34-17-12-29(13-18-34)40(2,37)38/h6-11,14,19-20,29H,3-5,12-13,15-18,21-23H2,1-2H3,(H,33,36). The third-order valence-electron chi connectivity index (χ3n) is 8.32. The van der Waals surface area contributed by atoms with Crippen molar-refractivity contribution in [3.8, 4) is 0 Å². The number of carbonyl (C=O) groups excluding carboxylic acids is 1. The molecule has 2 aliphatic rings. The van der Waals surface area contributed by atoms with Crippen LogP contribution in [0.1, 0.15) is 60.1 Å². The van der Waals surface area contributed by atoms with Crippen LogP contribution in [-0.2, 0) is 34.0 Å². The highest BCUT2D eigenvalue weighted by molar-refractivity contribution is 7.91. The minimum atomic E-state index is -2.98. The fourth-order valence-corrected chi connectivity index (χ4v) is 7.00. The van der Waals surface area contributed by atoms with E-state index in [4.69, 9.17) is 4.42 Å². The number of hydrogen-bond donors (Lipinski definition) is 1. The lowest BCUT2D eigenvalue weighted by atomic mass is 9.99. The number of benzene rings is 2. The van der Waals surface area contributed by atoms with E-state index in [9.17, 15) is 13.2 Å². The van der Waals surface area contributed by atoms with Gasteiger partial charge in [-0.3, -0.25) is 4.79 Å². The monoisotopic (exact) mass is 563 g/mol. The Bertz CT molecular complexity index is 1400. The summed E-state index contributed by atoms with van der Waals surface area (Å²) in [5, 5.41) is 2.79. The molecule has 5 rings (SSSR count). The number of aryl methyl sites for hydroxylation is 1. The third-order valence-corrected chi connectivity index (χ3v) is 10.00. The van der Waals surface area contributed by atoms with Crippen LogP contribution in [0.3, 0.4) is 0 Å². The average Bonchev–Trinajstić information content (AvgIpc) is 3.40. The highest BCUT2D eigenvalue weighted by Crippen LogP contribution is 2.29.